The Morgan fingerprint density at radius 1 is 1.48 bits per heavy atom. The fraction of sp³-hybridized carbons (Fsp3) is 0.538. The summed E-state index contributed by atoms with van der Waals surface area (Å²) in [5.74, 6) is 4.68. The van der Waals surface area contributed by atoms with Crippen molar-refractivity contribution in [1.29, 1.82) is 0 Å². The number of amides is 4. The highest BCUT2D eigenvalue weighted by molar-refractivity contribution is 5.75. The van der Waals surface area contributed by atoms with Crippen molar-refractivity contribution in [3.8, 4) is 24.7 Å². The van der Waals surface area contributed by atoms with Crippen LogP contribution in [-0.2, 0) is 4.84 Å². The summed E-state index contributed by atoms with van der Waals surface area (Å²) >= 11 is 0. The molecule has 0 radical (unpaired) electrons. The summed E-state index contributed by atoms with van der Waals surface area (Å²) in [5.41, 5.74) is 4.04. The second-order valence-electron chi connectivity index (χ2n) is 4.50. The Morgan fingerprint density at radius 3 is 2.43 bits per heavy atom. The minimum Gasteiger partial charge on any atom is -0.350 e. The molecule has 0 atom stereocenters. The standard InChI is InChI=1S/C8H12N2O2.C5H8N2O2/c1-4-5-6-10-7(11)9-8(2,3)12-10;1-2-3-4-7(9)5(6)8/h1H,5-6H2,2-3H3,(H,9,11);1,9H,3-4H2,(H2,6,8). The van der Waals surface area contributed by atoms with Crippen molar-refractivity contribution in [2.75, 3.05) is 13.1 Å². The monoisotopic (exact) mass is 296 g/mol. The topological polar surface area (TPSA) is 108 Å². The van der Waals surface area contributed by atoms with E-state index in [1.807, 2.05) is 0 Å². The van der Waals surface area contributed by atoms with E-state index in [0.717, 1.165) is 0 Å². The van der Waals surface area contributed by atoms with Gasteiger partial charge in [0, 0.05) is 12.8 Å². The molecule has 8 heteroatoms. The van der Waals surface area contributed by atoms with Crippen LogP contribution in [0, 0.1) is 24.7 Å². The van der Waals surface area contributed by atoms with Crippen molar-refractivity contribution in [1.82, 2.24) is 15.4 Å². The van der Waals surface area contributed by atoms with Crippen molar-refractivity contribution in [2.24, 2.45) is 5.73 Å². The zero-order valence-corrected chi connectivity index (χ0v) is 12.1. The maximum atomic E-state index is 11.1. The Bertz CT molecular complexity index is 450. The van der Waals surface area contributed by atoms with Crippen molar-refractivity contribution < 1.29 is 19.6 Å². The number of hydroxylamine groups is 4. The molecule has 0 aromatic heterocycles. The van der Waals surface area contributed by atoms with E-state index < -0.39 is 11.8 Å². The summed E-state index contributed by atoms with van der Waals surface area (Å²) in [6, 6.07) is -1.11. The number of hydrogen-bond donors (Lipinski definition) is 3. The number of rotatable bonds is 4. The molecule has 1 saturated heterocycles. The van der Waals surface area contributed by atoms with E-state index in [1.165, 1.54) is 5.06 Å². The Kier molecular flexibility index (Phi) is 7.69. The zero-order valence-electron chi connectivity index (χ0n) is 12.1. The number of hydrogen-bond acceptors (Lipinski definition) is 4. The third-order valence-corrected chi connectivity index (χ3v) is 2.15. The first-order valence-corrected chi connectivity index (χ1v) is 6.15. The predicted molar refractivity (Wildman–Crippen MR) is 75.4 cm³/mol. The van der Waals surface area contributed by atoms with Gasteiger partial charge in [0.05, 0.1) is 13.1 Å². The first-order valence-electron chi connectivity index (χ1n) is 6.15. The highest BCUT2D eigenvalue weighted by atomic mass is 16.7. The lowest BCUT2D eigenvalue weighted by molar-refractivity contribution is -0.164. The normalized spacial score (nSPS) is 15.1. The molecule has 4 amide bonds. The molecule has 4 N–H and O–H groups in total. The van der Waals surface area contributed by atoms with Gasteiger partial charge in [-0.15, -0.1) is 24.7 Å². The first kappa shape index (κ1) is 18.6. The van der Waals surface area contributed by atoms with Gasteiger partial charge in [-0.2, -0.15) is 5.06 Å². The summed E-state index contributed by atoms with van der Waals surface area (Å²) in [4.78, 5) is 26.4. The smallest absolute Gasteiger partial charge is 0.343 e. The van der Waals surface area contributed by atoms with E-state index in [4.69, 9.17) is 22.9 Å². The van der Waals surface area contributed by atoms with Crippen LogP contribution in [0.3, 0.4) is 0 Å². The van der Waals surface area contributed by atoms with Crippen LogP contribution in [0.4, 0.5) is 9.59 Å². The van der Waals surface area contributed by atoms with Crippen LogP contribution < -0.4 is 11.1 Å². The van der Waals surface area contributed by atoms with E-state index in [2.05, 4.69) is 22.9 Å². The molecule has 0 saturated carbocycles. The molecule has 1 heterocycles. The van der Waals surface area contributed by atoms with Crippen LogP contribution in [0.1, 0.15) is 26.7 Å². The molecule has 1 fully saturated rings. The molecule has 0 aromatic carbocycles. The molecule has 116 valence electrons. The van der Waals surface area contributed by atoms with E-state index >= 15 is 0 Å². The summed E-state index contributed by atoms with van der Waals surface area (Å²) in [7, 11) is 0. The molecule has 0 unspecified atom stereocenters. The fourth-order valence-corrected chi connectivity index (χ4v) is 1.25. The number of nitrogens with zero attached hydrogens (tertiary/aromatic N) is 2. The molecule has 21 heavy (non-hydrogen) atoms. The van der Waals surface area contributed by atoms with Gasteiger partial charge in [0.15, 0.2) is 5.72 Å². The second-order valence-corrected chi connectivity index (χ2v) is 4.50. The van der Waals surface area contributed by atoms with Gasteiger partial charge in [-0.1, -0.05) is 0 Å². The van der Waals surface area contributed by atoms with Crippen molar-refractivity contribution in [3.63, 3.8) is 0 Å². The molecular weight excluding hydrogens is 276 g/mol. The second kappa shape index (κ2) is 8.69. The summed E-state index contributed by atoms with van der Waals surface area (Å²) in [6.45, 7) is 4.08. The lowest BCUT2D eigenvalue weighted by atomic mass is 10.3. The Labute approximate surface area is 124 Å². The number of nitrogens with two attached hydrogens (primary N) is 1. The predicted octanol–water partition coefficient (Wildman–Crippen LogP) is 0.482. The number of nitrogens with one attached hydrogen (secondary N) is 1. The maximum Gasteiger partial charge on any atom is 0.343 e. The van der Waals surface area contributed by atoms with Gasteiger partial charge in [0.1, 0.15) is 0 Å². The van der Waals surface area contributed by atoms with Crippen molar-refractivity contribution in [2.45, 2.75) is 32.4 Å². The minimum absolute atomic E-state index is 0.0891. The molecule has 0 aromatic rings. The van der Waals surface area contributed by atoms with Gasteiger partial charge in [-0.3, -0.25) is 5.21 Å². The molecule has 0 spiro atoms. The molecular formula is C13H20N4O4. The van der Waals surface area contributed by atoms with Crippen LogP contribution in [0.2, 0.25) is 0 Å². The highest BCUT2D eigenvalue weighted by Gasteiger charge is 2.35. The van der Waals surface area contributed by atoms with Gasteiger partial charge >= 0.3 is 12.1 Å². The van der Waals surface area contributed by atoms with Crippen molar-refractivity contribution >= 4 is 12.1 Å². The van der Waals surface area contributed by atoms with Gasteiger partial charge in [-0.05, 0) is 13.8 Å². The summed E-state index contributed by atoms with van der Waals surface area (Å²) in [6.07, 6.45) is 10.7. The fourth-order valence-electron chi connectivity index (χ4n) is 1.25. The minimum atomic E-state index is -0.884. The molecule has 1 aliphatic rings. The largest absolute Gasteiger partial charge is 0.350 e. The third kappa shape index (κ3) is 7.67. The van der Waals surface area contributed by atoms with E-state index in [0.29, 0.717) is 24.4 Å². The number of terminal acetylenes is 2. The highest BCUT2D eigenvalue weighted by Crippen LogP contribution is 2.16. The lowest BCUT2D eigenvalue weighted by Crippen LogP contribution is -2.35. The molecule has 1 aliphatic heterocycles. The average Bonchev–Trinajstić information content (AvgIpc) is 2.66. The Hall–Kier alpha value is -2.42. The van der Waals surface area contributed by atoms with E-state index in [9.17, 15) is 9.59 Å². The van der Waals surface area contributed by atoms with Crippen LogP contribution in [0.5, 0.6) is 0 Å². The number of carbonyl (C=O) groups is 2. The van der Waals surface area contributed by atoms with Gasteiger partial charge < -0.3 is 11.1 Å². The summed E-state index contributed by atoms with van der Waals surface area (Å²) < 4.78 is 0. The number of carbonyl (C=O) groups excluding carboxylic acids is 2. The molecule has 1 rings (SSSR count). The quantitative estimate of drug-likeness (QED) is 0.398. The third-order valence-electron chi connectivity index (χ3n) is 2.15. The Morgan fingerprint density at radius 2 is 2.05 bits per heavy atom. The average molecular weight is 296 g/mol. The summed E-state index contributed by atoms with van der Waals surface area (Å²) in [5, 5.41) is 12.8. The van der Waals surface area contributed by atoms with Crippen LogP contribution >= 0.6 is 0 Å². The van der Waals surface area contributed by atoms with Crippen LogP contribution in [0.25, 0.3) is 0 Å². The van der Waals surface area contributed by atoms with Crippen LogP contribution in [-0.4, -0.2) is 46.2 Å². The molecule has 0 bridgehead atoms. The van der Waals surface area contributed by atoms with Crippen LogP contribution in [0.15, 0.2) is 0 Å². The van der Waals surface area contributed by atoms with Crippen molar-refractivity contribution in [3.05, 3.63) is 0 Å². The van der Waals surface area contributed by atoms with Gasteiger partial charge in [0.25, 0.3) is 0 Å². The first-order chi connectivity index (χ1) is 9.73. The molecule has 8 nitrogen and oxygen atoms in total. The van der Waals surface area contributed by atoms with E-state index in [-0.39, 0.29) is 12.6 Å². The van der Waals surface area contributed by atoms with Gasteiger partial charge in [-0.25, -0.2) is 19.5 Å². The number of urea groups is 2. The molecule has 0 aliphatic carbocycles. The lowest BCUT2D eigenvalue weighted by Gasteiger charge is -2.16. The SMILES string of the molecule is C#CCCN(O)C(N)=O.C#CCCN1OC(C)(C)NC1=O. The number of primary amides is 1. The maximum absolute atomic E-state index is 11.1. The zero-order chi connectivity index (χ0) is 16.5. The van der Waals surface area contributed by atoms with E-state index in [1.54, 1.807) is 13.8 Å². The Balaban J connectivity index is 0.000000400. The van der Waals surface area contributed by atoms with Gasteiger partial charge in [0.2, 0.25) is 0 Å².